The maximum atomic E-state index is 12.2. The summed E-state index contributed by atoms with van der Waals surface area (Å²) in [4.78, 5) is 16.1. The molecule has 0 unspecified atom stereocenters. The molecular formula is C15H19N3O6S. The fourth-order valence-electron chi connectivity index (χ4n) is 1.90. The number of rotatable bonds is 7. The van der Waals surface area contributed by atoms with E-state index in [2.05, 4.69) is 14.9 Å². The Morgan fingerprint density at radius 2 is 2.08 bits per heavy atom. The highest BCUT2D eigenvalue weighted by molar-refractivity contribution is 7.89. The minimum atomic E-state index is -3.79. The van der Waals surface area contributed by atoms with E-state index in [1.54, 1.807) is 0 Å². The number of nitrogens with zero attached hydrogens (tertiary/aromatic N) is 2. The third kappa shape index (κ3) is 4.34. The van der Waals surface area contributed by atoms with E-state index >= 15 is 0 Å². The standard InChI is InChI=1S/C15H19N3O6S/c1-9(2)14-17-13(24-18-14)8-23-15(19)10-5-6-11(22-4)12(7-10)25(20,21)16-3/h5-7,9,16H,8H2,1-4H3. The molecule has 0 atom stereocenters. The molecule has 9 nitrogen and oxygen atoms in total. The fourth-order valence-corrected chi connectivity index (χ4v) is 2.81. The summed E-state index contributed by atoms with van der Waals surface area (Å²) in [5.74, 6) is 0.152. The van der Waals surface area contributed by atoms with Gasteiger partial charge >= 0.3 is 5.97 Å². The molecular weight excluding hydrogens is 350 g/mol. The van der Waals surface area contributed by atoms with E-state index in [0.29, 0.717) is 5.82 Å². The molecule has 0 saturated heterocycles. The van der Waals surface area contributed by atoms with Gasteiger partial charge in [0.25, 0.3) is 5.89 Å². The number of hydrogen-bond donors (Lipinski definition) is 1. The molecule has 0 amide bonds. The first-order valence-corrected chi connectivity index (χ1v) is 8.88. The lowest BCUT2D eigenvalue weighted by atomic mass is 10.2. The van der Waals surface area contributed by atoms with Gasteiger partial charge in [-0.1, -0.05) is 19.0 Å². The van der Waals surface area contributed by atoms with Gasteiger partial charge in [0.2, 0.25) is 10.0 Å². The Morgan fingerprint density at radius 1 is 1.36 bits per heavy atom. The summed E-state index contributed by atoms with van der Waals surface area (Å²) in [6, 6.07) is 3.97. The van der Waals surface area contributed by atoms with Crippen molar-refractivity contribution in [2.75, 3.05) is 14.2 Å². The SMILES string of the molecule is CNS(=O)(=O)c1cc(C(=O)OCc2nc(C(C)C)no2)ccc1OC. The Morgan fingerprint density at radius 3 is 2.64 bits per heavy atom. The highest BCUT2D eigenvalue weighted by atomic mass is 32.2. The van der Waals surface area contributed by atoms with E-state index < -0.39 is 16.0 Å². The molecule has 0 bridgehead atoms. The molecule has 10 heteroatoms. The molecule has 1 aromatic carbocycles. The molecule has 1 aromatic heterocycles. The maximum Gasteiger partial charge on any atom is 0.338 e. The molecule has 1 heterocycles. The smallest absolute Gasteiger partial charge is 0.338 e. The second-order valence-electron chi connectivity index (χ2n) is 5.35. The summed E-state index contributed by atoms with van der Waals surface area (Å²) in [7, 11) is -1.19. The van der Waals surface area contributed by atoms with Crippen molar-refractivity contribution >= 4 is 16.0 Å². The number of nitrogens with one attached hydrogen (secondary N) is 1. The summed E-state index contributed by atoms with van der Waals surface area (Å²) in [5, 5.41) is 3.77. The largest absolute Gasteiger partial charge is 0.495 e. The molecule has 2 aromatic rings. The topological polar surface area (TPSA) is 121 Å². The lowest BCUT2D eigenvalue weighted by Gasteiger charge is -2.10. The van der Waals surface area contributed by atoms with Crippen molar-refractivity contribution in [3.8, 4) is 5.75 Å². The quantitative estimate of drug-likeness (QED) is 0.728. The zero-order chi connectivity index (χ0) is 18.6. The van der Waals surface area contributed by atoms with Gasteiger partial charge in [-0.05, 0) is 25.2 Å². The lowest BCUT2D eigenvalue weighted by Crippen LogP contribution is -2.20. The molecule has 136 valence electrons. The van der Waals surface area contributed by atoms with Crippen LogP contribution in [-0.2, 0) is 21.4 Å². The predicted octanol–water partition coefficient (Wildman–Crippen LogP) is 1.47. The van der Waals surface area contributed by atoms with E-state index in [1.807, 2.05) is 13.8 Å². The highest BCUT2D eigenvalue weighted by Crippen LogP contribution is 2.25. The van der Waals surface area contributed by atoms with Crippen LogP contribution >= 0.6 is 0 Å². The molecule has 0 spiro atoms. The first-order valence-electron chi connectivity index (χ1n) is 7.39. The zero-order valence-corrected chi connectivity index (χ0v) is 15.1. The first-order chi connectivity index (χ1) is 11.8. The Hall–Kier alpha value is -2.46. The van der Waals surface area contributed by atoms with Crippen LogP contribution in [0.1, 0.15) is 41.8 Å². The van der Waals surface area contributed by atoms with Crippen LogP contribution in [0.4, 0.5) is 0 Å². The molecule has 0 aliphatic rings. The summed E-state index contributed by atoms with van der Waals surface area (Å²) >= 11 is 0. The van der Waals surface area contributed by atoms with Crippen LogP contribution in [-0.4, -0.2) is 38.7 Å². The first kappa shape index (κ1) is 18.9. The van der Waals surface area contributed by atoms with E-state index in [4.69, 9.17) is 14.0 Å². The highest BCUT2D eigenvalue weighted by Gasteiger charge is 2.21. The van der Waals surface area contributed by atoms with Crippen molar-refractivity contribution in [3.05, 3.63) is 35.5 Å². The van der Waals surface area contributed by atoms with E-state index in [1.165, 1.54) is 32.4 Å². The molecule has 25 heavy (non-hydrogen) atoms. The number of ether oxygens (including phenoxy) is 2. The van der Waals surface area contributed by atoms with E-state index in [-0.39, 0.29) is 34.6 Å². The van der Waals surface area contributed by atoms with Crippen LogP contribution in [0.25, 0.3) is 0 Å². The van der Waals surface area contributed by atoms with Gasteiger partial charge in [-0.2, -0.15) is 4.98 Å². The molecule has 0 saturated carbocycles. The van der Waals surface area contributed by atoms with Gasteiger partial charge < -0.3 is 14.0 Å². The van der Waals surface area contributed by atoms with Crippen LogP contribution < -0.4 is 9.46 Å². The van der Waals surface area contributed by atoms with Crippen LogP contribution in [0, 0.1) is 0 Å². The summed E-state index contributed by atoms with van der Waals surface area (Å²) in [6.45, 7) is 3.60. The predicted molar refractivity (Wildman–Crippen MR) is 86.7 cm³/mol. The minimum Gasteiger partial charge on any atom is -0.495 e. The number of methoxy groups -OCH3 is 1. The van der Waals surface area contributed by atoms with Gasteiger partial charge in [0.15, 0.2) is 12.4 Å². The molecule has 2 rings (SSSR count). The van der Waals surface area contributed by atoms with Gasteiger partial charge in [0.1, 0.15) is 10.6 Å². The number of sulfonamides is 1. The van der Waals surface area contributed by atoms with Crippen LogP contribution in [0.5, 0.6) is 5.75 Å². The molecule has 0 aliphatic heterocycles. The zero-order valence-electron chi connectivity index (χ0n) is 14.3. The molecule has 0 fully saturated rings. The van der Waals surface area contributed by atoms with Crippen molar-refractivity contribution in [2.24, 2.45) is 0 Å². The number of carbonyl (C=O) groups excluding carboxylic acids is 1. The van der Waals surface area contributed by atoms with Gasteiger partial charge in [-0.3, -0.25) is 0 Å². The van der Waals surface area contributed by atoms with Gasteiger partial charge in [0.05, 0.1) is 12.7 Å². The Balaban J connectivity index is 2.17. The minimum absolute atomic E-state index is 0.0539. The van der Waals surface area contributed by atoms with Crippen molar-refractivity contribution in [2.45, 2.75) is 31.3 Å². The van der Waals surface area contributed by atoms with Crippen molar-refractivity contribution in [1.82, 2.24) is 14.9 Å². The van der Waals surface area contributed by atoms with Crippen molar-refractivity contribution < 1.29 is 27.2 Å². The normalized spacial score (nSPS) is 11.6. The summed E-state index contributed by atoms with van der Waals surface area (Å²) in [6.07, 6.45) is 0. The summed E-state index contributed by atoms with van der Waals surface area (Å²) < 4.78 is 41.3. The Labute approximate surface area is 145 Å². The number of esters is 1. The lowest BCUT2D eigenvalue weighted by molar-refractivity contribution is 0.0429. The Bertz CT molecular complexity index is 860. The molecule has 0 aliphatic carbocycles. The third-order valence-corrected chi connectivity index (χ3v) is 4.72. The summed E-state index contributed by atoms with van der Waals surface area (Å²) in [5.41, 5.74) is 0.0539. The van der Waals surface area contributed by atoms with Crippen molar-refractivity contribution in [3.63, 3.8) is 0 Å². The second-order valence-corrected chi connectivity index (χ2v) is 7.21. The third-order valence-electron chi connectivity index (χ3n) is 3.28. The monoisotopic (exact) mass is 369 g/mol. The molecule has 0 radical (unpaired) electrons. The van der Waals surface area contributed by atoms with Crippen LogP contribution in [0.15, 0.2) is 27.6 Å². The van der Waals surface area contributed by atoms with Crippen LogP contribution in [0.2, 0.25) is 0 Å². The van der Waals surface area contributed by atoms with Gasteiger partial charge in [-0.15, -0.1) is 0 Å². The second kappa shape index (κ2) is 7.62. The number of carbonyl (C=O) groups is 1. The van der Waals surface area contributed by atoms with Crippen molar-refractivity contribution in [1.29, 1.82) is 0 Å². The average molecular weight is 369 g/mol. The van der Waals surface area contributed by atoms with E-state index in [9.17, 15) is 13.2 Å². The number of aromatic nitrogens is 2. The van der Waals surface area contributed by atoms with E-state index in [0.717, 1.165) is 0 Å². The molecule has 1 N–H and O–H groups in total. The number of benzene rings is 1. The maximum absolute atomic E-state index is 12.2. The fraction of sp³-hybridized carbons (Fsp3) is 0.400. The number of hydrogen-bond acceptors (Lipinski definition) is 8. The van der Waals surface area contributed by atoms with Gasteiger partial charge in [-0.25, -0.2) is 17.9 Å². The average Bonchev–Trinajstić information content (AvgIpc) is 3.08. The van der Waals surface area contributed by atoms with Crippen LogP contribution in [0.3, 0.4) is 0 Å². The Kier molecular flexibility index (Phi) is 5.75. The van der Waals surface area contributed by atoms with Gasteiger partial charge in [0, 0.05) is 5.92 Å².